The second-order valence-electron chi connectivity index (χ2n) is 9.84. The molecule has 0 spiro atoms. The largest absolute Gasteiger partial charge is 0.481 e. The summed E-state index contributed by atoms with van der Waals surface area (Å²) in [4.78, 5) is 24.3. The molecule has 3 atom stereocenters. The maximum atomic E-state index is 12.8. The quantitative estimate of drug-likeness (QED) is 0.193. The normalized spacial score (nSPS) is 20.3. The van der Waals surface area contributed by atoms with Crippen molar-refractivity contribution in [3.63, 3.8) is 0 Å². The minimum absolute atomic E-state index is 0.0443. The van der Waals surface area contributed by atoms with Crippen LogP contribution in [0.15, 0.2) is 0 Å². The van der Waals surface area contributed by atoms with Crippen LogP contribution >= 0.6 is 0 Å². The van der Waals surface area contributed by atoms with Crippen LogP contribution in [-0.2, 0) is 14.3 Å². The summed E-state index contributed by atoms with van der Waals surface area (Å²) in [6, 6.07) is 0. The van der Waals surface area contributed by atoms with E-state index >= 15 is 0 Å². The van der Waals surface area contributed by atoms with Gasteiger partial charge in [0, 0.05) is 0 Å². The minimum atomic E-state index is -0.841. The molecule has 30 heavy (non-hydrogen) atoms. The van der Waals surface area contributed by atoms with Gasteiger partial charge in [-0.05, 0) is 44.4 Å². The first kappa shape index (κ1) is 27.0. The van der Waals surface area contributed by atoms with Crippen LogP contribution in [0.4, 0.5) is 0 Å². The summed E-state index contributed by atoms with van der Waals surface area (Å²) in [6.07, 6.45) is 18.7. The van der Waals surface area contributed by atoms with Gasteiger partial charge >= 0.3 is 11.9 Å². The summed E-state index contributed by atoms with van der Waals surface area (Å²) in [7, 11) is 0. The molecule has 1 rings (SSSR count). The third-order valence-electron chi connectivity index (χ3n) is 6.61. The molecule has 0 aromatic carbocycles. The number of unbranched alkanes of at least 4 members (excludes halogenated alkanes) is 8. The lowest BCUT2D eigenvalue weighted by Gasteiger charge is -2.29. The predicted octanol–water partition coefficient (Wildman–Crippen LogP) is 7.54. The Morgan fingerprint density at radius 1 is 0.800 bits per heavy atom. The molecular formula is C26H48O4. The lowest BCUT2D eigenvalue weighted by atomic mass is 9.79. The minimum Gasteiger partial charge on any atom is -0.481 e. The molecule has 1 aliphatic carbocycles. The molecule has 1 N–H and O–H groups in total. The molecule has 176 valence electrons. The highest BCUT2D eigenvalue weighted by molar-refractivity contribution is 5.81. The molecule has 4 nitrogen and oxygen atoms in total. The first-order valence-electron chi connectivity index (χ1n) is 12.9. The van der Waals surface area contributed by atoms with Crippen molar-refractivity contribution in [1.29, 1.82) is 0 Å². The zero-order chi connectivity index (χ0) is 22.2. The summed E-state index contributed by atoms with van der Waals surface area (Å²) in [5.41, 5.74) is 0. The highest BCUT2D eigenvalue weighted by Gasteiger charge is 2.37. The molecule has 0 saturated heterocycles. The van der Waals surface area contributed by atoms with Gasteiger partial charge in [-0.3, -0.25) is 9.59 Å². The first-order valence-corrected chi connectivity index (χ1v) is 12.9. The van der Waals surface area contributed by atoms with E-state index in [1.165, 1.54) is 51.4 Å². The lowest BCUT2D eigenvalue weighted by Crippen LogP contribution is -2.35. The molecule has 0 aliphatic heterocycles. The van der Waals surface area contributed by atoms with E-state index in [4.69, 9.17) is 4.74 Å². The highest BCUT2D eigenvalue weighted by atomic mass is 16.5. The van der Waals surface area contributed by atoms with Crippen LogP contribution in [0.25, 0.3) is 0 Å². The second kappa shape index (κ2) is 16.6. The number of carbonyl (C=O) groups is 2. The van der Waals surface area contributed by atoms with Gasteiger partial charge < -0.3 is 9.84 Å². The molecule has 1 saturated carbocycles. The molecule has 0 amide bonds. The average molecular weight is 425 g/mol. The Hall–Kier alpha value is -1.06. The third-order valence-corrected chi connectivity index (χ3v) is 6.61. The van der Waals surface area contributed by atoms with Crippen molar-refractivity contribution in [3.8, 4) is 0 Å². The van der Waals surface area contributed by atoms with Gasteiger partial charge in [-0.2, -0.15) is 0 Å². The van der Waals surface area contributed by atoms with E-state index in [9.17, 15) is 14.7 Å². The molecule has 1 aliphatic rings. The number of hydrogen-bond acceptors (Lipinski definition) is 3. The molecule has 3 unspecified atom stereocenters. The molecule has 1 fully saturated rings. The maximum absolute atomic E-state index is 12.8. The van der Waals surface area contributed by atoms with Crippen LogP contribution in [0.1, 0.15) is 130 Å². The first-order chi connectivity index (χ1) is 14.5. The van der Waals surface area contributed by atoms with E-state index in [2.05, 4.69) is 20.8 Å². The fraction of sp³-hybridized carbons (Fsp3) is 0.923. The third kappa shape index (κ3) is 12.0. The topological polar surface area (TPSA) is 63.6 Å². The Kier molecular flexibility index (Phi) is 14.9. The average Bonchev–Trinajstić information content (AvgIpc) is 2.71. The zero-order valence-electron chi connectivity index (χ0n) is 20.0. The fourth-order valence-electron chi connectivity index (χ4n) is 4.66. The number of rotatable bonds is 17. The number of carboxylic acids is 1. The molecule has 4 heteroatoms. The van der Waals surface area contributed by atoms with Gasteiger partial charge in [0.2, 0.25) is 0 Å². The standard InChI is InChI=1S/C26H48O4/c1-4-5-6-7-8-9-10-11-12-17-22(18-15-16-21(2)3)30-26(29)24-20-14-13-19-23(24)25(27)28/h21-24H,4-20H2,1-3H3,(H,27,28). The monoisotopic (exact) mass is 424 g/mol. The van der Waals surface area contributed by atoms with E-state index < -0.39 is 17.8 Å². The molecule has 0 bridgehead atoms. The van der Waals surface area contributed by atoms with E-state index in [-0.39, 0.29) is 12.1 Å². The van der Waals surface area contributed by atoms with E-state index in [1.807, 2.05) is 0 Å². The Morgan fingerprint density at radius 2 is 1.33 bits per heavy atom. The van der Waals surface area contributed by atoms with Crippen molar-refractivity contribution in [2.24, 2.45) is 17.8 Å². The lowest BCUT2D eigenvalue weighted by molar-refractivity contribution is -0.164. The van der Waals surface area contributed by atoms with E-state index in [1.54, 1.807) is 0 Å². The van der Waals surface area contributed by atoms with Gasteiger partial charge in [0.05, 0.1) is 11.8 Å². The molecular weight excluding hydrogens is 376 g/mol. The SMILES string of the molecule is CCCCCCCCCCCC(CCCC(C)C)OC(=O)C1CCCCC1C(=O)O. The van der Waals surface area contributed by atoms with E-state index in [0.717, 1.165) is 44.9 Å². The van der Waals surface area contributed by atoms with Crippen molar-refractivity contribution < 1.29 is 19.4 Å². The van der Waals surface area contributed by atoms with E-state index in [0.29, 0.717) is 18.8 Å². The Bertz CT molecular complexity index is 460. The van der Waals surface area contributed by atoms with Gasteiger partial charge in [0.1, 0.15) is 6.10 Å². The number of aliphatic carboxylic acids is 1. The number of esters is 1. The van der Waals surface area contributed by atoms with Crippen molar-refractivity contribution >= 4 is 11.9 Å². The van der Waals surface area contributed by atoms with Crippen molar-refractivity contribution in [2.45, 2.75) is 136 Å². The Balaban J connectivity index is 2.40. The number of hydrogen-bond donors (Lipinski definition) is 1. The van der Waals surface area contributed by atoms with Crippen LogP contribution in [0.5, 0.6) is 0 Å². The van der Waals surface area contributed by atoms with Crippen LogP contribution < -0.4 is 0 Å². The Labute approximate surface area is 185 Å². The van der Waals surface area contributed by atoms with Crippen LogP contribution in [-0.4, -0.2) is 23.1 Å². The van der Waals surface area contributed by atoms with Gasteiger partial charge in [0.25, 0.3) is 0 Å². The summed E-state index contributed by atoms with van der Waals surface area (Å²) in [5.74, 6) is -1.45. The number of ether oxygens (including phenoxy) is 1. The van der Waals surface area contributed by atoms with Crippen LogP contribution in [0.3, 0.4) is 0 Å². The van der Waals surface area contributed by atoms with Crippen molar-refractivity contribution in [2.75, 3.05) is 0 Å². The second-order valence-corrected chi connectivity index (χ2v) is 9.84. The molecule has 0 radical (unpaired) electrons. The molecule has 0 aromatic rings. The van der Waals surface area contributed by atoms with Crippen LogP contribution in [0, 0.1) is 17.8 Å². The van der Waals surface area contributed by atoms with Gasteiger partial charge in [-0.15, -0.1) is 0 Å². The van der Waals surface area contributed by atoms with Gasteiger partial charge in [-0.25, -0.2) is 0 Å². The zero-order valence-corrected chi connectivity index (χ0v) is 20.0. The summed E-state index contributed by atoms with van der Waals surface area (Å²) in [5, 5.41) is 9.48. The van der Waals surface area contributed by atoms with Gasteiger partial charge in [-0.1, -0.05) is 91.4 Å². The highest BCUT2D eigenvalue weighted by Crippen LogP contribution is 2.32. The predicted molar refractivity (Wildman–Crippen MR) is 123 cm³/mol. The van der Waals surface area contributed by atoms with Crippen LogP contribution in [0.2, 0.25) is 0 Å². The number of carboxylic acid groups (broad SMARTS) is 1. The number of carbonyl (C=O) groups excluding carboxylic acids is 1. The maximum Gasteiger partial charge on any atom is 0.310 e. The fourth-order valence-corrected chi connectivity index (χ4v) is 4.66. The summed E-state index contributed by atoms with van der Waals surface area (Å²) < 4.78 is 5.92. The Morgan fingerprint density at radius 3 is 1.90 bits per heavy atom. The smallest absolute Gasteiger partial charge is 0.310 e. The molecule has 0 heterocycles. The van der Waals surface area contributed by atoms with Crippen molar-refractivity contribution in [3.05, 3.63) is 0 Å². The molecule has 0 aromatic heterocycles. The van der Waals surface area contributed by atoms with Crippen molar-refractivity contribution in [1.82, 2.24) is 0 Å². The summed E-state index contributed by atoms with van der Waals surface area (Å²) >= 11 is 0. The summed E-state index contributed by atoms with van der Waals surface area (Å²) in [6.45, 7) is 6.70. The van der Waals surface area contributed by atoms with Gasteiger partial charge in [0.15, 0.2) is 0 Å².